The van der Waals surface area contributed by atoms with E-state index >= 15 is 0 Å². The molecule has 4 aromatic rings. The molecule has 0 bridgehead atoms. The fourth-order valence-corrected chi connectivity index (χ4v) is 5.70. The zero-order valence-electron chi connectivity index (χ0n) is 22.0. The highest BCUT2D eigenvalue weighted by Crippen LogP contribution is 2.37. The second-order valence-corrected chi connectivity index (χ2v) is 11.0. The van der Waals surface area contributed by atoms with Crippen molar-refractivity contribution in [2.75, 3.05) is 6.61 Å². The van der Waals surface area contributed by atoms with E-state index in [0.717, 1.165) is 0 Å². The van der Waals surface area contributed by atoms with Crippen molar-refractivity contribution in [2.45, 2.75) is 52.7 Å². The number of alkyl halides is 4. The van der Waals surface area contributed by atoms with Gasteiger partial charge >= 0.3 is 17.8 Å². The number of hydrogen-bond donors (Lipinski definition) is 1. The third-order valence-corrected chi connectivity index (χ3v) is 8.03. The average Bonchev–Trinajstić information content (AvgIpc) is 2.95. The molecule has 4 aromatic carbocycles. The average molecular weight is 572 g/mol. The highest BCUT2D eigenvalue weighted by atomic mass is 32.2. The molecule has 0 radical (unpaired) electrons. The molecule has 0 amide bonds. The number of ether oxygens (including phenoxy) is 1. The van der Waals surface area contributed by atoms with E-state index in [4.69, 9.17) is 9.84 Å². The molecular formula is C32H31F4O3S+. The van der Waals surface area contributed by atoms with Gasteiger partial charge in [0.25, 0.3) is 0 Å². The maximum absolute atomic E-state index is 12.9. The van der Waals surface area contributed by atoms with Crippen molar-refractivity contribution in [3.8, 4) is 5.75 Å². The van der Waals surface area contributed by atoms with Gasteiger partial charge in [-0.2, -0.15) is 8.78 Å². The summed E-state index contributed by atoms with van der Waals surface area (Å²) in [5, 5.41) is 9.04. The number of unbranched alkanes of at least 4 members (excludes halogenated alkanes) is 1. The van der Waals surface area contributed by atoms with Gasteiger partial charge in [-0.1, -0.05) is 54.6 Å². The molecule has 0 fully saturated rings. The fraction of sp³-hybridized carbons (Fsp3) is 0.219. The first-order valence-corrected chi connectivity index (χ1v) is 13.9. The Labute approximate surface area is 234 Å². The van der Waals surface area contributed by atoms with Crippen molar-refractivity contribution in [2.24, 2.45) is 0 Å². The normalized spacial score (nSPS) is 11.4. The van der Waals surface area contributed by atoms with Gasteiger partial charge in [-0.05, 0) is 73.5 Å². The third kappa shape index (κ3) is 9.16. The number of esters is 1. The van der Waals surface area contributed by atoms with Crippen LogP contribution in [-0.2, 0) is 15.6 Å². The molecule has 8 heteroatoms. The molecule has 0 atom stereocenters. The summed E-state index contributed by atoms with van der Waals surface area (Å²) >= 11 is 0. The maximum Gasteiger partial charge on any atom is 0.338 e. The van der Waals surface area contributed by atoms with Gasteiger partial charge in [0.15, 0.2) is 14.7 Å². The van der Waals surface area contributed by atoms with Crippen LogP contribution < -0.4 is 0 Å². The second kappa shape index (κ2) is 14.6. The van der Waals surface area contributed by atoms with E-state index in [0.29, 0.717) is 0 Å². The summed E-state index contributed by atoms with van der Waals surface area (Å²) in [6.45, 7) is 0.0446. The molecule has 0 aromatic heterocycles. The zero-order chi connectivity index (χ0) is 29.0. The van der Waals surface area contributed by atoms with Crippen molar-refractivity contribution >= 4 is 16.9 Å². The molecule has 3 nitrogen and oxygen atoms in total. The van der Waals surface area contributed by atoms with Crippen LogP contribution >= 0.6 is 0 Å². The number of carbonyl (C=O) groups excluding carboxylic acids is 1. The van der Waals surface area contributed by atoms with Crippen LogP contribution in [0, 0.1) is 0 Å². The van der Waals surface area contributed by atoms with Gasteiger partial charge in [-0.25, -0.2) is 13.6 Å². The molecule has 0 saturated carbocycles. The minimum absolute atomic E-state index is 0.00530. The van der Waals surface area contributed by atoms with E-state index in [-0.39, 0.29) is 48.6 Å². The Morgan fingerprint density at radius 2 is 1.12 bits per heavy atom. The molecule has 40 heavy (non-hydrogen) atoms. The summed E-state index contributed by atoms with van der Waals surface area (Å²) in [5.41, 5.74) is 0.207. The van der Waals surface area contributed by atoms with E-state index < -0.39 is 24.2 Å². The number of aromatic hydroxyl groups is 1. The number of halogens is 4. The summed E-state index contributed by atoms with van der Waals surface area (Å²) in [5.74, 6) is -8.79. The summed E-state index contributed by atoms with van der Waals surface area (Å²) in [6, 6.07) is 37.5. The Morgan fingerprint density at radius 1 is 0.700 bits per heavy atom. The number of phenolic OH excluding ortho intramolecular Hbond substituents is 1. The van der Waals surface area contributed by atoms with Crippen molar-refractivity contribution in [3.05, 3.63) is 121 Å². The number of phenols is 1. The SMILES string of the molecule is CC(F)(F)C(F)(F)CCCCOC(=O)c1ccc(O)cc1.c1ccc([S+](c2ccccc2)c2ccccc2)cc1. The molecule has 4 rings (SSSR count). The molecule has 0 saturated heterocycles. The molecule has 1 N–H and O–H groups in total. The van der Waals surface area contributed by atoms with E-state index in [1.807, 2.05) is 0 Å². The van der Waals surface area contributed by atoms with Crippen molar-refractivity contribution < 1.29 is 32.2 Å². The van der Waals surface area contributed by atoms with Crippen LogP contribution in [0.1, 0.15) is 36.5 Å². The molecule has 0 aliphatic carbocycles. The van der Waals surface area contributed by atoms with E-state index in [1.54, 1.807) is 0 Å². The highest BCUT2D eigenvalue weighted by molar-refractivity contribution is 7.97. The van der Waals surface area contributed by atoms with Crippen LogP contribution in [0.2, 0.25) is 0 Å². The van der Waals surface area contributed by atoms with Gasteiger partial charge in [0.2, 0.25) is 0 Å². The number of rotatable bonds is 10. The van der Waals surface area contributed by atoms with Crippen LogP contribution in [0.5, 0.6) is 5.75 Å². The van der Waals surface area contributed by atoms with E-state index in [1.165, 1.54) is 39.0 Å². The van der Waals surface area contributed by atoms with Crippen molar-refractivity contribution in [3.63, 3.8) is 0 Å². The molecule has 0 aliphatic rings. The Morgan fingerprint density at radius 3 is 1.52 bits per heavy atom. The summed E-state index contributed by atoms with van der Waals surface area (Å²) in [7, 11) is -0.0146. The second-order valence-electron chi connectivity index (χ2n) is 8.98. The van der Waals surface area contributed by atoms with Crippen molar-refractivity contribution in [1.82, 2.24) is 0 Å². The largest absolute Gasteiger partial charge is 0.508 e. The lowest BCUT2D eigenvalue weighted by atomic mass is 10.1. The fourth-order valence-electron chi connectivity index (χ4n) is 3.59. The Kier molecular flexibility index (Phi) is 11.2. The highest BCUT2D eigenvalue weighted by Gasteiger charge is 2.51. The van der Waals surface area contributed by atoms with Gasteiger partial charge in [0, 0.05) is 13.3 Å². The standard InChI is InChI=1S/C18H15S.C14H16F4O3/c1-4-10-16(11-5-1)19(17-12-6-2-7-13-17)18-14-8-3-9-15-18;1-13(15,16)14(17,18)8-2-3-9-21-12(20)10-4-6-11(19)7-5-10/h1-15H;4-7,19H,2-3,8-9H2,1H3/q+1;. The molecule has 210 valence electrons. The maximum atomic E-state index is 12.9. The first-order valence-electron chi connectivity index (χ1n) is 12.7. The van der Waals surface area contributed by atoms with Crippen molar-refractivity contribution in [1.29, 1.82) is 0 Å². The lowest BCUT2D eigenvalue weighted by Crippen LogP contribution is -2.37. The quantitative estimate of drug-likeness (QED) is 0.0896. The predicted octanol–water partition coefficient (Wildman–Crippen LogP) is 8.79. The molecule has 0 aliphatic heterocycles. The monoisotopic (exact) mass is 571 g/mol. The molecule has 0 heterocycles. The lowest BCUT2D eigenvalue weighted by molar-refractivity contribution is -0.201. The summed E-state index contributed by atoms with van der Waals surface area (Å²) in [4.78, 5) is 15.6. The number of hydrogen-bond acceptors (Lipinski definition) is 3. The van der Waals surface area contributed by atoms with Gasteiger partial charge in [0.05, 0.1) is 23.1 Å². The number of carbonyl (C=O) groups is 1. The van der Waals surface area contributed by atoms with Gasteiger partial charge in [0.1, 0.15) is 5.75 Å². The zero-order valence-corrected chi connectivity index (χ0v) is 22.8. The summed E-state index contributed by atoms with van der Waals surface area (Å²) < 4.78 is 55.8. The molecule has 0 unspecified atom stereocenters. The van der Waals surface area contributed by atoms with Crippen LogP contribution in [0.4, 0.5) is 17.6 Å². The Bertz CT molecular complexity index is 1200. The van der Waals surface area contributed by atoms with E-state index in [2.05, 4.69) is 91.0 Å². The molecule has 0 spiro atoms. The topological polar surface area (TPSA) is 46.5 Å². The van der Waals surface area contributed by atoms with Gasteiger partial charge in [-0.3, -0.25) is 0 Å². The first kappa shape index (κ1) is 30.8. The smallest absolute Gasteiger partial charge is 0.338 e. The third-order valence-electron chi connectivity index (χ3n) is 5.80. The minimum atomic E-state index is -4.06. The predicted molar refractivity (Wildman–Crippen MR) is 149 cm³/mol. The Hall–Kier alpha value is -3.78. The lowest BCUT2D eigenvalue weighted by Gasteiger charge is -2.22. The van der Waals surface area contributed by atoms with Crippen LogP contribution in [0.15, 0.2) is 130 Å². The Balaban J connectivity index is 0.000000221. The first-order chi connectivity index (χ1) is 19.1. The van der Waals surface area contributed by atoms with Crippen LogP contribution in [-0.4, -0.2) is 29.5 Å². The molecular weight excluding hydrogens is 540 g/mol. The number of benzene rings is 4. The summed E-state index contributed by atoms with van der Waals surface area (Å²) in [6.07, 6.45) is -1.08. The van der Waals surface area contributed by atoms with E-state index in [9.17, 15) is 22.4 Å². The van der Waals surface area contributed by atoms with Gasteiger partial charge in [-0.15, -0.1) is 0 Å². The van der Waals surface area contributed by atoms with Crippen LogP contribution in [0.3, 0.4) is 0 Å². The minimum Gasteiger partial charge on any atom is -0.508 e. The van der Waals surface area contributed by atoms with Crippen LogP contribution in [0.25, 0.3) is 0 Å². The van der Waals surface area contributed by atoms with Gasteiger partial charge < -0.3 is 9.84 Å².